The highest BCUT2D eigenvalue weighted by molar-refractivity contribution is 7.92. The SMILES string of the molecule is CC1(S(C)(=O)=O)CC(c2ccc(-c3cccnc3)cc2)=CCN1O. The second-order valence-corrected chi connectivity index (χ2v) is 8.68. The van der Waals surface area contributed by atoms with Gasteiger partial charge in [0, 0.05) is 31.6 Å². The Balaban J connectivity index is 1.90. The molecule has 1 aromatic carbocycles. The van der Waals surface area contributed by atoms with Gasteiger partial charge in [0.05, 0.1) is 0 Å². The van der Waals surface area contributed by atoms with Crippen molar-refractivity contribution in [2.45, 2.75) is 18.2 Å². The van der Waals surface area contributed by atoms with Gasteiger partial charge in [-0.25, -0.2) is 8.42 Å². The largest absolute Gasteiger partial charge is 0.312 e. The summed E-state index contributed by atoms with van der Waals surface area (Å²) < 4.78 is 24.2. The van der Waals surface area contributed by atoms with E-state index in [0.29, 0.717) is 0 Å². The van der Waals surface area contributed by atoms with Gasteiger partial charge in [0.25, 0.3) is 0 Å². The summed E-state index contributed by atoms with van der Waals surface area (Å²) in [5, 5.41) is 10.9. The van der Waals surface area contributed by atoms with Gasteiger partial charge in [-0.05, 0) is 35.3 Å². The first-order chi connectivity index (χ1) is 11.3. The van der Waals surface area contributed by atoms with E-state index in [-0.39, 0.29) is 13.0 Å². The first kappa shape index (κ1) is 16.8. The van der Waals surface area contributed by atoms with Crippen LogP contribution in [0.25, 0.3) is 16.7 Å². The molecule has 1 atom stereocenters. The van der Waals surface area contributed by atoms with Crippen LogP contribution in [0, 0.1) is 0 Å². The summed E-state index contributed by atoms with van der Waals surface area (Å²) in [4.78, 5) is 2.81. The van der Waals surface area contributed by atoms with Crippen molar-refractivity contribution < 1.29 is 13.6 Å². The molecule has 0 spiro atoms. The topological polar surface area (TPSA) is 70.5 Å². The van der Waals surface area contributed by atoms with E-state index in [4.69, 9.17) is 0 Å². The van der Waals surface area contributed by atoms with E-state index in [9.17, 15) is 13.6 Å². The van der Waals surface area contributed by atoms with Crippen molar-refractivity contribution in [1.29, 1.82) is 0 Å². The fourth-order valence-electron chi connectivity index (χ4n) is 2.86. The van der Waals surface area contributed by atoms with Gasteiger partial charge in [0.15, 0.2) is 9.84 Å². The number of nitrogens with zero attached hydrogens (tertiary/aromatic N) is 2. The summed E-state index contributed by atoms with van der Waals surface area (Å²) in [7, 11) is -3.44. The van der Waals surface area contributed by atoms with Crippen molar-refractivity contribution in [2.75, 3.05) is 12.8 Å². The zero-order valence-corrected chi connectivity index (χ0v) is 14.5. The zero-order chi connectivity index (χ0) is 17.4. The fourth-order valence-corrected chi connectivity index (χ4v) is 3.73. The van der Waals surface area contributed by atoms with Crippen LogP contribution >= 0.6 is 0 Å². The number of pyridine rings is 1. The minimum absolute atomic E-state index is 0.184. The average molecular weight is 344 g/mol. The van der Waals surface area contributed by atoms with E-state index in [1.807, 2.05) is 42.5 Å². The fraction of sp³-hybridized carbons (Fsp3) is 0.278. The molecule has 0 bridgehead atoms. The molecule has 1 aliphatic heterocycles. The molecular weight excluding hydrogens is 324 g/mol. The molecule has 0 radical (unpaired) electrons. The summed E-state index contributed by atoms with van der Waals surface area (Å²) in [6.45, 7) is 1.74. The number of aromatic nitrogens is 1. The summed E-state index contributed by atoms with van der Waals surface area (Å²) in [6.07, 6.45) is 6.81. The van der Waals surface area contributed by atoms with E-state index in [0.717, 1.165) is 33.6 Å². The molecular formula is C18H20N2O3S. The van der Waals surface area contributed by atoms with Crippen molar-refractivity contribution in [3.8, 4) is 11.1 Å². The number of rotatable bonds is 3. The summed E-state index contributed by atoms with van der Waals surface area (Å²) in [5.74, 6) is 0. The smallest absolute Gasteiger partial charge is 0.168 e. The van der Waals surface area contributed by atoms with Gasteiger partial charge >= 0.3 is 0 Å². The molecule has 2 aromatic rings. The lowest BCUT2D eigenvalue weighted by atomic mass is 9.94. The molecule has 0 fully saturated rings. The van der Waals surface area contributed by atoms with Crippen LogP contribution in [0.2, 0.25) is 0 Å². The normalized spacial score (nSPS) is 22.2. The zero-order valence-electron chi connectivity index (χ0n) is 13.7. The number of hydrogen-bond acceptors (Lipinski definition) is 5. The molecule has 0 amide bonds. The molecule has 24 heavy (non-hydrogen) atoms. The molecule has 3 rings (SSSR count). The summed E-state index contributed by atoms with van der Waals surface area (Å²) in [5.41, 5.74) is 3.97. The lowest BCUT2D eigenvalue weighted by Crippen LogP contribution is -2.52. The Morgan fingerprint density at radius 2 is 1.79 bits per heavy atom. The van der Waals surface area contributed by atoms with Gasteiger partial charge in [-0.2, -0.15) is 5.06 Å². The third-order valence-electron chi connectivity index (χ3n) is 4.62. The molecule has 5 nitrogen and oxygen atoms in total. The Morgan fingerprint density at radius 3 is 2.38 bits per heavy atom. The molecule has 126 valence electrons. The predicted octanol–water partition coefficient (Wildman–Crippen LogP) is 2.99. The van der Waals surface area contributed by atoms with Gasteiger partial charge in [0.1, 0.15) is 4.87 Å². The molecule has 0 aliphatic carbocycles. The van der Waals surface area contributed by atoms with E-state index >= 15 is 0 Å². The van der Waals surface area contributed by atoms with E-state index in [2.05, 4.69) is 4.98 Å². The summed E-state index contributed by atoms with van der Waals surface area (Å²) >= 11 is 0. The number of benzene rings is 1. The van der Waals surface area contributed by atoms with Crippen molar-refractivity contribution >= 4 is 15.4 Å². The van der Waals surface area contributed by atoms with Crippen LogP contribution in [-0.4, -0.2) is 41.3 Å². The molecule has 1 unspecified atom stereocenters. The molecule has 2 heterocycles. The van der Waals surface area contributed by atoms with Gasteiger partial charge in [-0.15, -0.1) is 0 Å². The Bertz CT molecular complexity index is 861. The molecule has 1 aromatic heterocycles. The average Bonchev–Trinajstić information content (AvgIpc) is 2.57. The molecule has 6 heteroatoms. The standard InChI is InChI=1S/C18H20N2O3S/c1-18(24(2,22)23)12-16(9-11-20(18)21)14-5-7-15(8-6-14)17-4-3-10-19-13-17/h3-10,13,21H,11-12H2,1-2H3. The predicted molar refractivity (Wildman–Crippen MR) is 94.0 cm³/mol. The van der Waals surface area contributed by atoms with Gasteiger partial charge < -0.3 is 5.21 Å². The maximum Gasteiger partial charge on any atom is 0.168 e. The molecule has 0 saturated carbocycles. The number of hydrogen-bond donors (Lipinski definition) is 1. The highest BCUT2D eigenvalue weighted by Gasteiger charge is 2.44. The molecule has 1 aliphatic rings. The van der Waals surface area contributed by atoms with E-state index in [1.54, 1.807) is 19.3 Å². The van der Waals surface area contributed by atoms with Crippen LogP contribution in [0.1, 0.15) is 18.9 Å². The summed E-state index contributed by atoms with van der Waals surface area (Å²) in [6, 6.07) is 11.8. The van der Waals surface area contributed by atoms with Crippen molar-refractivity contribution in [1.82, 2.24) is 10.0 Å². The maximum atomic E-state index is 12.1. The Hall–Kier alpha value is -2.02. The van der Waals surface area contributed by atoms with Crippen LogP contribution in [0.3, 0.4) is 0 Å². The van der Waals surface area contributed by atoms with Crippen LogP contribution < -0.4 is 0 Å². The van der Waals surface area contributed by atoms with E-state index < -0.39 is 14.7 Å². The quantitative estimate of drug-likeness (QED) is 0.927. The highest BCUT2D eigenvalue weighted by atomic mass is 32.2. The van der Waals surface area contributed by atoms with Gasteiger partial charge in [-0.3, -0.25) is 4.98 Å². The monoisotopic (exact) mass is 344 g/mol. The minimum Gasteiger partial charge on any atom is -0.312 e. The van der Waals surface area contributed by atoms with Crippen molar-refractivity contribution in [2.24, 2.45) is 0 Å². The van der Waals surface area contributed by atoms with Crippen LogP contribution in [0.15, 0.2) is 54.9 Å². The highest BCUT2D eigenvalue weighted by Crippen LogP contribution is 2.36. The maximum absolute atomic E-state index is 12.1. The van der Waals surface area contributed by atoms with Crippen molar-refractivity contribution in [3.05, 3.63) is 60.4 Å². The number of hydroxylamine groups is 2. The van der Waals surface area contributed by atoms with Crippen LogP contribution in [0.5, 0.6) is 0 Å². The van der Waals surface area contributed by atoms with Crippen LogP contribution in [0.4, 0.5) is 0 Å². The van der Waals surface area contributed by atoms with E-state index in [1.165, 1.54) is 0 Å². The van der Waals surface area contributed by atoms with Gasteiger partial charge in [-0.1, -0.05) is 36.4 Å². The minimum atomic E-state index is -3.44. The molecule has 1 N–H and O–H groups in total. The van der Waals surface area contributed by atoms with Crippen molar-refractivity contribution in [3.63, 3.8) is 0 Å². The third kappa shape index (κ3) is 3.00. The Labute approximate surface area is 142 Å². The first-order valence-corrected chi connectivity index (χ1v) is 9.56. The first-order valence-electron chi connectivity index (χ1n) is 7.67. The van der Waals surface area contributed by atoms with Crippen LogP contribution in [-0.2, 0) is 9.84 Å². The number of sulfone groups is 1. The second-order valence-electron chi connectivity index (χ2n) is 6.25. The lowest BCUT2D eigenvalue weighted by Gasteiger charge is -2.38. The Kier molecular flexibility index (Phi) is 4.29. The lowest BCUT2D eigenvalue weighted by molar-refractivity contribution is -0.129. The second kappa shape index (κ2) is 6.12. The third-order valence-corrected chi connectivity index (χ3v) is 6.58. The molecule has 0 saturated heterocycles. The van der Waals surface area contributed by atoms with Gasteiger partial charge in [0.2, 0.25) is 0 Å². The Morgan fingerprint density at radius 1 is 1.12 bits per heavy atom.